The molecular weight excluding hydrogens is 152 g/mol. The molecule has 1 aliphatic heterocycles. The van der Waals surface area contributed by atoms with E-state index in [1.807, 2.05) is 0 Å². The molecule has 3 aliphatic rings. The normalized spacial score (nSPS) is 55.2. The van der Waals surface area contributed by atoms with Crippen LogP contribution in [0.3, 0.4) is 0 Å². The highest BCUT2D eigenvalue weighted by Gasteiger charge is 2.61. The first-order valence-corrected chi connectivity index (χ1v) is 5.12. The molecule has 4 unspecified atom stereocenters. The van der Waals surface area contributed by atoms with Crippen molar-refractivity contribution in [3.8, 4) is 0 Å². The topological polar surface area (TPSA) is 18.5 Å². The lowest BCUT2D eigenvalue weighted by Gasteiger charge is -2.31. The molecule has 0 spiro atoms. The molecule has 2 bridgehead atoms. The van der Waals surface area contributed by atoms with Crippen molar-refractivity contribution in [3.63, 3.8) is 0 Å². The van der Waals surface area contributed by atoms with E-state index in [9.17, 15) is 0 Å². The molecule has 0 N–H and O–H groups in total. The van der Waals surface area contributed by atoms with Crippen molar-refractivity contribution in [2.45, 2.75) is 32.0 Å². The Morgan fingerprint density at radius 3 is 3.17 bits per heavy atom. The Morgan fingerprint density at radius 2 is 2.42 bits per heavy atom. The highest BCUT2D eigenvalue weighted by atomic mass is 16.7. The predicted molar refractivity (Wildman–Crippen MR) is 44.6 cm³/mol. The maximum atomic E-state index is 5.84. The summed E-state index contributed by atoms with van der Waals surface area (Å²) in [4.78, 5) is 0. The number of hydrogen-bond donors (Lipinski definition) is 0. The van der Waals surface area contributed by atoms with E-state index in [1.54, 1.807) is 0 Å². The maximum Gasteiger partial charge on any atom is 0.171 e. The van der Waals surface area contributed by atoms with Gasteiger partial charge in [-0.2, -0.15) is 0 Å². The van der Waals surface area contributed by atoms with Crippen LogP contribution in [0.1, 0.15) is 26.2 Å². The Labute approximate surface area is 73.2 Å². The van der Waals surface area contributed by atoms with Crippen molar-refractivity contribution in [1.29, 1.82) is 0 Å². The van der Waals surface area contributed by atoms with Gasteiger partial charge in [-0.25, -0.2) is 0 Å². The minimum Gasteiger partial charge on any atom is -0.350 e. The summed E-state index contributed by atoms with van der Waals surface area (Å²) >= 11 is 0. The van der Waals surface area contributed by atoms with Crippen molar-refractivity contribution in [2.24, 2.45) is 17.8 Å². The van der Waals surface area contributed by atoms with E-state index in [4.69, 9.17) is 9.47 Å². The third-order valence-electron chi connectivity index (χ3n) is 3.86. The van der Waals surface area contributed by atoms with Gasteiger partial charge in [-0.15, -0.1) is 0 Å². The van der Waals surface area contributed by atoms with Crippen molar-refractivity contribution in [2.75, 3.05) is 13.2 Å². The van der Waals surface area contributed by atoms with Crippen LogP contribution in [0.25, 0.3) is 0 Å². The van der Waals surface area contributed by atoms with E-state index in [2.05, 4.69) is 6.92 Å². The summed E-state index contributed by atoms with van der Waals surface area (Å²) < 4.78 is 11.6. The molecule has 1 heterocycles. The van der Waals surface area contributed by atoms with Gasteiger partial charge in [-0.3, -0.25) is 0 Å². The molecule has 3 rings (SSSR count). The van der Waals surface area contributed by atoms with Gasteiger partial charge < -0.3 is 9.47 Å². The smallest absolute Gasteiger partial charge is 0.171 e. The van der Waals surface area contributed by atoms with Crippen molar-refractivity contribution in [3.05, 3.63) is 0 Å². The summed E-state index contributed by atoms with van der Waals surface area (Å²) in [5, 5.41) is 0. The lowest BCUT2D eigenvalue weighted by molar-refractivity contribution is -0.221. The van der Waals surface area contributed by atoms with Crippen LogP contribution in [0.15, 0.2) is 0 Å². The summed E-state index contributed by atoms with van der Waals surface area (Å²) in [6, 6.07) is 0. The van der Waals surface area contributed by atoms with Gasteiger partial charge in [-0.1, -0.05) is 0 Å². The lowest BCUT2D eigenvalue weighted by Crippen LogP contribution is -2.37. The van der Waals surface area contributed by atoms with E-state index >= 15 is 0 Å². The minimum absolute atomic E-state index is 0.123. The quantitative estimate of drug-likeness (QED) is 0.626. The fraction of sp³-hybridized carbons (Fsp3) is 1.00. The van der Waals surface area contributed by atoms with Gasteiger partial charge >= 0.3 is 0 Å². The zero-order chi connectivity index (χ0) is 8.18. The zero-order valence-electron chi connectivity index (χ0n) is 7.58. The van der Waals surface area contributed by atoms with Crippen LogP contribution < -0.4 is 0 Å². The fourth-order valence-electron chi connectivity index (χ4n) is 3.55. The molecule has 2 heteroatoms. The second kappa shape index (κ2) is 2.24. The Hall–Kier alpha value is -0.0800. The molecule has 0 amide bonds. The van der Waals surface area contributed by atoms with Crippen LogP contribution >= 0.6 is 0 Å². The van der Waals surface area contributed by atoms with Gasteiger partial charge in [0.25, 0.3) is 0 Å². The molecule has 0 aromatic carbocycles. The summed E-state index contributed by atoms with van der Waals surface area (Å²) in [5.74, 6) is 2.36. The highest BCUT2D eigenvalue weighted by Crippen LogP contribution is 2.60. The van der Waals surface area contributed by atoms with E-state index in [0.29, 0.717) is 0 Å². The molecule has 4 atom stereocenters. The second-order valence-corrected chi connectivity index (χ2v) is 4.46. The van der Waals surface area contributed by atoms with Crippen LogP contribution in [0, 0.1) is 17.8 Å². The number of fused-ring (bicyclic) bond motifs is 1. The Bertz CT molecular complexity index is 200. The zero-order valence-corrected chi connectivity index (χ0v) is 7.58. The molecule has 12 heavy (non-hydrogen) atoms. The molecule has 2 saturated carbocycles. The van der Waals surface area contributed by atoms with Gasteiger partial charge in [-0.05, 0) is 31.6 Å². The monoisotopic (exact) mass is 168 g/mol. The van der Waals surface area contributed by atoms with Crippen molar-refractivity contribution in [1.82, 2.24) is 0 Å². The largest absolute Gasteiger partial charge is 0.350 e. The summed E-state index contributed by atoms with van der Waals surface area (Å²) in [6.07, 6.45) is 3.94. The van der Waals surface area contributed by atoms with Crippen molar-refractivity contribution >= 4 is 0 Å². The summed E-state index contributed by atoms with van der Waals surface area (Å²) in [5.41, 5.74) is 0. The van der Waals surface area contributed by atoms with E-state index < -0.39 is 0 Å². The molecular formula is C10H16O2. The van der Waals surface area contributed by atoms with Gasteiger partial charge in [0.2, 0.25) is 0 Å². The molecule has 0 radical (unpaired) electrons. The molecule has 0 aromatic heterocycles. The first-order valence-electron chi connectivity index (χ1n) is 5.12. The van der Waals surface area contributed by atoms with Crippen molar-refractivity contribution < 1.29 is 9.47 Å². The molecule has 0 aromatic rings. The average Bonchev–Trinajstić information content (AvgIpc) is 2.59. The molecule has 1 saturated heterocycles. The first kappa shape index (κ1) is 7.34. The summed E-state index contributed by atoms with van der Waals surface area (Å²) in [6.45, 7) is 3.83. The lowest BCUT2D eigenvalue weighted by atomic mass is 9.88. The van der Waals surface area contributed by atoms with Gasteiger partial charge in [0.15, 0.2) is 5.79 Å². The third kappa shape index (κ3) is 0.728. The van der Waals surface area contributed by atoms with Crippen LogP contribution in [0.5, 0.6) is 0 Å². The van der Waals surface area contributed by atoms with E-state index in [0.717, 1.165) is 31.0 Å². The SMILES string of the molecule is CCOC12CC3CC(CO1)C2C3. The van der Waals surface area contributed by atoms with E-state index in [-0.39, 0.29) is 5.79 Å². The van der Waals surface area contributed by atoms with Crippen LogP contribution in [0.2, 0.25) is 0 Å². The second-order valence-electron chi connectivity index (χ2n) is 4.46. The third-order valence-corrected chi connectivity index (χ3v) is 3.86. The Kier molecular flexibility index (Phi) is 1.37. The fourth-order valence-corrected chi connectivity index (χ4v) is 3.55. The van der Waals surface area contributed by atoms with Crippen LogP contribution in [-0.2, 0) is 9.47 Å². The maximum absolute atomic E-state index is 5.84. The van der Waals surface area contributed by atoms with Crippen LogP contribution in [-0.4, -0.2) is 19.0 Å². The summed E-state index contributed by atoms with van der Waals surface area (Å²) in [7, 11) is 0. The molecule has 2 aliphatic carbocycles. The minimum atomic E-state index is -0.123. The van der Waals surface area contributed by atoms with Gasteiger partial charge in [0.05, 0.1) is 6.61 Å². The van der Waals surface area contributed by atoms with Gasteiger partial charge in [0, 0.05) is 18.9 Å². The molecule has 2 nitrogen and oxygen atoms in total. The number of hydrogen-bond acceptors (Lipinski definition) is 2. The van der Waals surface area contributed by atoms with E-state index in [1.165, 1.54) is 19.3 Å². The molecule has 68 valence electrons. The standard InChI is InChI=1S/C10H16O2/c1-2-11-10-5-7-3-8(6-12-10)9(10)4-7/h7-9H,2-6H2,1H3. The van der Waals surface area contributed by atoms with Crippen LogP contribution in [0.4, 0.5) is 0 Å². The predicted octanol–water partition coefficient (Wildman–Crippen LogP) is 1.80. The Balaban J connectivity index is 1.89. The first-order chi connectivity index (χ1) is 5.84. The molecule has 3 fully saturated rings. The Morgan fingerprint density at radius 1 is 1.50 bits per heavy atom. The number of rotatable bonds is 2. The average molecular weight is 168 g/mol. The number of ether oxygens (including phenoxy) is 2. The van der Waals surface area contributed by atoms with Gasteiger partial charge in [0.1, 0.15) is 0 Å². The highest BCUT2D eigenvalue weighted by molar-refractivity contribution is 5.05.